The highest BCUT2D eigenvalue weighted by Gasteiger charge is 2.15. The monoisotopic (exact) mass is 355 g/mol. The zero-order valence-electron chi connectivity index (χ0n) is 15.0. The second-order valence-corrected chi connectivity index (χ2v) is 6.05. The maximum absolute atomic E-state index is 12.5. The quantitative estimate of drug-likeness (QED) is 0.731. The maximum atomic E-state index is 12.5. The molecule has 3 rings (SSSR count). The van der Waals surface area contributed by atoms with E-state index in [0.717, 1.165) is 16.9 Å². The maximum Gasteiger partial charge on any atom is 0.265 e. The average Bonchev–Trinajstić information content (AvgIpc) is 2.93. The van der Waals surface area contributed by atoms with Gasteiger partial charge in [-0.15, -0.1) is 0 Å². The second-order valence-electron chi connectivity index (χ2n) is 6.05. The molecule has 0 saturated heterocycles. The van der Waals surface area contributed by atoms with Crippen molar-refractivity contribution in [3.05, 3.63) is 57.8 Å². The highest BCUT2D eigenvalue weighted by molar-refractivity contribution is 5.79. The summed E-state index contributed by atoms with van der Waals surface area (Å²) >= 11 is 0. The number of nitrogens with zero attached hydrogens (tertiary/aromatic N) is 2. The van der Waals surface area contributed by atoms with E-state index in [9.17, 15) is 9.59 Å². The normalized spacial score (nSPS) is 10.9. The van der Waals surface area contributed by atoms with Crippen LogP contribution in [0, 0.1) is 13.8 Å². The van der Waals surface area contributed by atoms with E-state index in [1.54, 1.807) is 14.0 Å². The molecule has 0 aliphatic carbocycles. The minimum Gasteiger partial charge on any atom is -0.496 e. The topological polar surface area (TPSA) is 86.4 Å². The van der Waals surface area contributed by atoms with Crippen LogP contribution >= 0.6 is 0 Å². The molecule has 0 radical (unpaired) electrons. The lowest BCUT2D eigenvalue weighted by molar-refractivity contribution is -0.121. The van der Waals surface area contributed by atoms with E-state index in [2.05, 4.69) is 10.3 Å². The van der Waals surface area contributed by atoms with Crippen molar-refractivity contribution in [2.75, 3.05) is 13.7 Å². The summed E-state index contributed by atoms with van der Waals surface area (Å²) in [5.74, 6) is 1.20. The Hall–Kier alpha value is -3.09. The molecule has 2 heterocycles. The first-order chi connectivity index (χ1) is 12.5. The van der Waals surface area contributed by atoms with Crippen molar-refractivity contribution in [1.82, 2.24) is 14.9 Å². The van der Waals surface area contributed by atoms with E-state index in [-0.39, 0.29) is 18.0 Å². The second kappa shape index (κ2) is 7.43. The molecule has 2 aromatic heterocycles. The Kier molecular flexibility index (Phi) is 5.06. The van der Waals surface area contributed by atoms with Gasteiger partial charge in [-0.25, -0.2) is 4.98 Å². The molecule has 0 fully saturated rings. The molecule has 0 unspecified atom stereocenters. The fraction of sp³-hybridized carbons (Fsp3) is 0.316. The number of rotatable bonds is 6. The molecule has 0 aliphatic heterocycles. The Morgan fingerprint density at radius 2 is 2.08 bits per heavy atom. The van der Waals surface area contributed by atoms with E-state index >= 15 is 0 Å². The molecule has 7 heteroatoms. The number of ether oxygens (including phenoxy) is 1. The Balaban J connectivity index is 1.65. The Morgan fingerprint density at radius 1 is 1.31 bits per heavy atom. The molecule has 1 N–H and O–H groups in total. The smallest absolute Gasteiger partial charge is 0.265 e. The zero-order valence-corrected chi connectivity index (χ0v) is 15.0. The zero-order chi connectivity index (χ0) is 18.7. The number of carbonyl (C=O) groups excluding carboxylic acids is 1. The highest BCUT2D eigenvalue weighted by atomic mass is 16.5. The number of hydrogen-bond acceptors (Lipinski definition) is 5. The van der Waals surface area contributed by atoms with E-state index in [0.29, 0.717) is 29.8 Å². The summed E-state index contributed by atoms with van der Waals surface area (Å²) in [5.41, 5.74) is 1.80. The van der Waals surface area contributed by atoms with Gasteiger partial charge in [0, 0.05) is 12.1 Å². The SMILES string of the molecule is COc1ccccc1CCNC(=O)Cn1cnc2oc(C)c(C)c2c1=O. The van der Waals surface area contributed by atoms with Crippen molar-refractivity contribution in [3.63, 3.8) is 0 Å². The minimum atomic E-state index is -0.274. The molecule has 7 nitrogen and oxygen atoms in total. The summed E-state index contributed by atoms with van der Waals surface area (Å²) in [6.45, 7) is 3.96. The summed E-state index contributed by atoms with van der Waals surface area (Å²) in [5, 5.41) is 3.24. The molecule has 0 atom stereocenters. The van der Waals surface area contributed by atoms with Crippen molar-refractivity contribution in [1.29, 1.82) is 0 Å². The first kappa shape index (κ1) is 17.7. The van der Waals surface area contributed by atoms with Crippen LogP contribution in [-0.2, 0) is 17.8 Å². The summed E-state index contributed by atoms with van der Waals surface area (Å²) in [4.78, 5) is 28.9. The Bertz CT molecular complexity index is 1000. The third-order valence-electron chi connectivity index (χ3n) is 4.38. The van der Waals surface area contributed by atoms with Crippen LogP contribution in [0.15, 0.2) is 39.8 Å². The predicted molar refractivity (Wildman–Crippen MR) is 97.5 cm³/mol. The first-order valence-corrected chi connectivity index (χ1v) is 8.35. The number of fused-ring (bicyclic) bond motifs is 1. The van der Waals surface area contributed by atoms with Gasteiger partial charge in [-0.3, -0.25) is 14.2 Å². The number of hydrogen-bond donors (Lipinski definition) is 1. The van der Waals surface area contributed by atoms with E-state index in [4.69, 9.17) is 9.15 Å². The fourth-order valence-corrected chi connectivity index (χ4v) is 2.84. The van der Waals surface area contributed by atoms with E-state index in [1.807, 2.05) is 31.2 Å². The molecular weight excluding hydrogens is 334 g/mol. The lowest BCUT2D eigenvalue weighted by Gasteiger charge is -2.09. The van der Waals surface area contributed by atoms with E-state index in [1.165, 1.54) is 10.9 Å². The summed E-state index contributed by atoms with van der Waals surface area (Å²) < 4.78 is 12.0. The van der Waals surface area contributed by atoms with Crippen LogP contribution in [0.25, 0.3) is 11.1 Å². The van der Waals surface area contributed by atoms with Crippen molar-refractivity contribution in [2.45, 2.75) is 26.8 Å². The summed E-state index contributed by atoms with van der Waals surface area (Å²) in [6, 6.07) is 7.66. The van der Waals surface area contributed by atoms with Gasteiger partial charge in [0.1, 0.15) is 29.8 Å². The van der Waals surface area contributed by atoms with Crippen LogP contribution in [0.5, 0.6) is 5.75 Å². The van der Waals surface area contributed by atoms with Gasteiger partial charge in [-0.05, 0) is 31.9 Å². The molecular formula is C19H21N3O4. The Morgan fingerprint density at radius 3 is 2.85 bits per heavy atom. The van der Waals surface area contributed by atoms with Gasteiger partial charge in [-0.2, -0.15) is 0 Å². The molecule has 0 saturated carbocycles. The van der Waals surface area contributed by atoms with Gasteiger partial charge in [0.2, 0.25) is 11.6 Å². The van der Waals surface area contributed by atoms with Crippen LogP contribution in [0.4, 0.5) is 0 Å². The van der Waals surface area contributed by atoms with E-state index < -0.39 is 0 Å². The van der Waals surface area contributed by atoms with Crippen molar-refractivity contribution in [2.24, 2.45) is 0 Å². The molecule has 0 spiro atoms. The predicted octanol–water partition coefficient (Wildman–Crippen LogP) is 1.97. The number of methoxy groups -OCH3 is 1. The van der Waals surface area contributed by atoms with Crippen LogP contribution < -0.4 is 15.6 Å². The number of carbonyl (C=O) groups is 1. The number of aromatic nitrogens is 2. The first-order valence-electron chi connectivity index (χ1n) is 8.35. The van der Waals surface area contributed by atoms with Crippen LogP contribution in [0.3, 0.4) is 0 Å². The van der Waals surface area contributed by atoms with Crippen molar-refractivity contribution < 1.29 is 13.9 Å². The average molecular weight is 355 g/mol. The van der Waals surface area contributed by atoms with Crippen molar-refractivity contribution >= 4 is 17.0 Å². The molecule has 0 bridgehead atoms. The third kappa shape index (κ3) is 3.46. The fourth-order valence-electron chi connectivity index (χ4n) is 2.84. The molecule has 0 aliphatic rings. The van der Waals surface area contributed by atoms with Gasteiger partial charge in [0.05, 0.1) is 7.11 Å². The molecule has 1 aromatic carbocycles. The van der Waals surface area contributed by atoms with Gasteiger partial charge >= 0.3 is 0 Å². The number of benzene rings is 1. The van der Waals surface area contributed by atoms with Crippen LogP contribution in [-0.4, -0.2) is 29.1 Å². The minimum absolute atomic E-state index is 0.0859. The molecule has 3 aromatic rings. The molecule has 136 valence electrons. The largest absolute Gasteiger partial charge is 0.496 e. The Labute approximate surface area is 150 Å². The van der Waals surface area contributed by atoms with Gasteiger partial charge < -0.3 is 14.5 Å². The number of para-hydroxylation sites is 1. The summed E-state index contributed by atoms with van der Waals surface area (Å²) in [6.07, 6.45) is 1.98. The van der Waals surface area contributed by atoms with Crippen LogP contribution in [0.2, 0.25) is 0 Å². The highest BCUT2D eigenvalue weighted by Crippen LogP contribution is 2.19. The summed E-state index contributed by atoms with van der Waals surface area (Å²) in [7, 11) is 1.62. The number of amides is 1. The van der Waals surface area contributed by atoms with Crippen LogP contribution in [0.1, 0.15) is 16.9 Å². The van der Waals surface area contributed by atoms with Gasteiger partial charge in [0.25, 0.3) is 5.56 Å². The number of aryl methyl sites for hydroxylation is 2. The lowest BCUT2D eigenvalue weighted by atomic mass is 10.1. The van der Waals surface area contributed by atoms with Gasteiger partial charge in [-0.1, -0.05) is 18.2 Å². The lowest BCUT2D eigenvalue weighted by Crippen LogP contribution is -2.33. The standard InChI is InChI=1S/C19H21N3O4/c1-12-13(2)26-18-17(12)19(24)22(11-21-18)10-16(23)20-9-8-14-6-4-5-7-15(14)25-3/h4-7,11H,8-10H2,1-3H3,(H,20,23). The molecule has 26 heavy (non-hydrogen) atoms. The molecule has 1 amide bonds. The number of furan rings is 1. The van der Waals surface area contributed by atoms with Gasteiger partial charge in [0.15, 0.2) is 0 Å². The van der Waals surface area contributed by atoms with Crippen molar-refractivity contribution in [3.8, 4) is 5.75 Å². The number of nitrogens with one attached hydrogen (secondary N) is 1. The third-order valence-corrected chi connectivity index (χ3v) is 4.38.